The van der Waals surface area contributed by atoms with Crippen LogP contribution in [0.15, 0.2) is 82.8 Å². The third kappa shape index (κ3) is 7.23. The van der Waals surface area contributed by atoms with E-state index >= 15 is 0 Å². The Morgan fingerprint density at radius 3 is 2.33 bits per heavy atom. The van der Waals surface area contributed by atoms with Crippen molar-refractivity contribution in [3.63, 3.8) is 0 Å². The molecule has 0 spiro atoms. The number of benzene rings is 3. The summed E-state index contributed by atoms with van der Waals surface area (Å²) in [5, 5.41) is 12.3. The van der Waals surface area contributed by atoms with Crippen LogP contribution >= 0.6 is 15.9 Å². The molecule has 0 atom stereocenters. The fourth-order valence-electron chi connectivity index (χ4n) is 3.21. The highest BCUT2D eigenvalue weighted by Gasteiger charge is 2.13. The van der Waals surface area contributed by atoms with Gasteiger partial charge in [-0.25, -0.2) is 0 Å². The summed E-state index contributed by atoms with van der Waals surface area (Å²) in [7, 11) is 1.55. The third-order valence-electron chi connectivity index (χ3n) is 4.96. The number of carbonyl (C=O) groups is 1. The van der Waals surface area contributed by atoms with Crippen LogP contribution < -0.4 is 14.8 Å². The van der Waals surface area contributed by atoms with E-state index in [4.69, 9.17) is 9.47 Å². The van der Waals surface area contributed by atoms with Gasteiger partial charge in [0.1, 0.15) is 18.2 Å². The summed E-state index contributed by atoms with van der Waals surface area (Å²) in [5.41, 5.74) is 2.93. The van der Waals surface area contributed by atoms with Gasteiger partial charge in [-0.05, 0) is 47.7 Å². The molecule has 0 aliphatic rings. The number of nitrogens with zero attached hydrogens (tertiary/aromatic N) is 1. The first kappa shape index (κ1) is 24.1. The van der Waals surface area contributed by atoms with Crippen LogP contribution in [0.5, 0.6) is 11.5 Å². The Kier molecular flexibility index (Phi) is 9.10. The van der Waals surface area contributed by atoms with E-state index in [2.05, 4.69) is 33.4 Å². The maximum atomic E-state index is 12.5. The Hall–Kier alpha value is -3.56. The highest BCUT2D eigenvalue weighted by atomic mass is 79.9. The lowest BCUT2D eigenvalue weighted by atomic mass is 10.1. The zero-order chi connectivity index (χ0) is 23.5. The van der Waals surface area contributed by atoms with Gasteiger partial charge in [-0.3, -0.25) is 4.79 Å². The van der Waals surface area contributed by atoms with Crippen molar-refractivity contribution >= 4 is 27.9 Å². The molecule has 0 saturated heterocycles. The van der Waals surface area contributed by atoms with E-state index in [1.54, 1.807) is 25.3 Å². The van der Waals surface area contributed by atoms with Crippen molar-refractivity contribution in [3.05, 3.63) is 99.5 Å². The van der Waals surface area contributed by atoms with Crippen LogP contribution in [0.2, 0.25) is 0 Å². The number of aryl methyl sites for hydroxylation is 1. The molecule has 6 heteroatoms. The minimum absolute atomic E-state index is 0.0235. The zero-order valence-electron chi connectivity index (χ0n) is 18.4. The number of carbonyl (C=O) groups excluding carboxylic acids is 1. The first-order valence-electron chi connectivity index (χ1n) is 10.6. The van der Waals surface area contributed by atoms with Crippen LogP contribution in [0.4, 0.5) is 0 Å². The maximum absolute atomic E-state index is 12.5. The first-order valence-corrected chi connectivity index (χ1v) is 11.4. The van der Waals surface area contributed by atoms with Gasteiger partial charge < -0.3 is 14.8 Å². The van der Waals surface area contributed by atoms with Crippen molar-refractivity contribution in [2.75, 3.05) is 13.7 Å². The average molecular weight is 505 g/mol. The monoisotopic (exact) mass is 504 g/mol. The number of halogens is 1. The number of nitrogens with one attached hydrogen (secondary N) is 1. The predicted octanol–water partition coefficient (Wildman–Crippen LogP) is 5.69. The Bertz CT molecular complexity index is 1140. The summed E-state index contributed by atoms with van der Waals surface area (Å²) in [6, 6.07) is 25.4. The SMILES string of the molecule is COc1cc(/C=C(/C#N)C(=O)NCCCc2ccccc2)c(Br)cc1OCc1ccccc1. The van der Waals surface area contributed by atoms with Crippen molar-refractivity contribution < 1.29 is 14.3 Å². The van der Waals surface area contributed by atoms with Crippen molar-refractivity contribution in [2.45, 2.75) is 19.4 Å². The fraction of sp³-hybridized carbons (Fsp3) is 0.185. The van der Waals surface area contributed by atoms with Gasteiger partial charge in [-0.2, -0.15) is 5.26 Å². The zero-order valence-corrected chi connectivity index (χ0v) is 20.0. The second-order valence-electron chi connectivity index (χ2n) is 7.31. The largest absolute Gasteiger partial charge is 0.493 e. The Balaban J connectivity index is 1.65. The van der Waals surface area contributed by atoms with Crippen LogP contribution in [0.3, 0.4) is 0 Å². The molecule has 33 heavy (non-hydrogen) atoms. The van der Waals surface area contributed by atoms with Crippen molar-refractivity contribution in [3.8, 4) is 17.6 Å². The van der Waals surface area contributed by atoms with Crippen LogP contribution in [-0.4, -0.2) is 19.6 Å². The molecule has 1 N–H and O–H groups in total. The molecule has 168 valence electrons. The van der Waals surface area contributed by atoms with Crippen LogP contribution in [0.1, 0.15) is 23.1 Å². The van der Waals surface area contributed by atoms with E-state index in [9.17, 15) is 10.1 Å². The lowest BCUT2D eigenvalue weighted by Gasteiger charge is -2.13. The second kappa shape index (κ2) is 12.5. The van der Waals surface area contributed by atoms with E-state index in [0.29, 0.717) is 34.7 Å². The number of hydrogen-bond acceptors (Lipinski definition) is 4. The van der Waals surface area contributed by atoms with Crippen molar-refractivity contribution in [2.24, 2.45) is 0 Å². The summed E-state index contributed by atoms with van der Waals surface area (Å²) in [5.74, 6) is 0.677. The van der Waals surface area contributed by atoms with Crippen LogP contribution in [-0.2, 0) is 17.8 Å². The Labute approximate surface area is 202 Å². The number of hydrogen-bond donors (Lipinski definition) is 1. The number of nitriles is 1. The van der Waals surface area contributed by atoms with Gasteiger partial charge in [0, 0.05) is 11.0 Å². The van der Waals surface area contributed by atoms with Gasteiger partial charge in [0.2, 0.25) is 0 Å². The van der Waals surface area contributed by atoms with Gasteiger partial charge in [0.05, 0.1) is 7.11 Å². The molecule has 0 saturated carbocycles. The van der Waals surface area contributed by atoms with E-state index < -0.39 is 5.91 Å². The number of methoxy groups -OCH3 is 1. The second-order valence-corrected chi connectivity index (χ2v) is 8.17. The standard InChI is InChI=1S/C27H25BrN2O3/c1-32-25-16-22(24(28)17-26(25)33-19-21-11-6-3-7-12-21)15-23(18-29)27(31)30-14-8-13-20-9-4-2-5-10-20/h2-7,9-12,15-17H,8,13-14,19H2,1H3,(H,30,31)/b23-15-. The van der Waals surface area contributed by atoms with Gasteiger partial charge in [0.25, 0.3) is 5.91 Å². The van der Waals surface area contributed by atoms with E-state index in [1.165, 1.54) is 5.56 Å². The van der Waals surface area contributed by atoms with E-state index in [0.717, 1.165) is 18.4 Å². The summed E-state index contributed by atoms with van der Waals surface area (Å²) in [6.07, 6.45) is 3.19. The molecule has 3 rings (SSSR count). The molecule has 0 aromatic heterocycles. The molecule has 5 nitrogen and oxygen atoms in total. The molecular weight excluding hydrogens is 480 g/mol. The molecule has 0 bridgehead atoms. The molecule has 0 heterocycles. The van der Waals surface area contributed by atoms with Gasteiger partial charge in [-0.15, -0.1) is 0 Å². The molecule has 0 unspecified atom stereocenters. The molecule has 1 amide bonds. The molecule has 0 radical (unpaired) electrons. The topological polar surface area (TPSA) is 71.3 Å². The Morgan fingerprint density at radius 2 is 1.70 bits per heavy atom. The normalized spacial score (nSPS) is 10.9. The molecular formula is C27H25BrN2O3. The van der Waals surface area contributed by atoms with Crippen molar-refractivity contribution in [1.82, 2.24) is 5.32 Å². The Morgan fingerprint density at radius 1 is 1.03 bits per heavy atom. The number of amides is 1. The third-order valence-corrected chi connectivity index (χ3v) is 5.64. The molecule has 3 aromatic rings. The lowest BCUT2D eigenvalue weighted by molar-refractivity contribution is -0.117. The molecule has 0 aliphatic carbocycles. The van der Waals surface area contributed by atoms with Gasteiger partial charge >= 0.3 is 0 Å². The first-order chi connectivity index (χ1) is 16.1. The minimum atomic E-state index is -0.402. The maximum Gasteiger partial charge on any atom is 0.261 e. The van der Waals surface area contributed by atoms with Gasteiger partial charge in [0.15, 0.2) is 11.5 Å². The highest BCUT2D eigenvalue weighted by molar-refractivity contribution is 9.10. The minimum Gasteiger partial charge on any atom is -0.493 e. The summed E-state index contributed by atoms with van der Waals surface area (Å²) < 4.78 is 12.1. The van der Waals surface area contributed by atoms with E-state index in [-0.39, 0.29) is 5.57 Å². The summed E-state index contributed by atoms with van der Waals surface area (Å²) >= 11 is 3.51. The number of rotatable bonds is 10. The molecule has 0 aliphatic heterocycles. The molecule has 0 fully saturated rings. The summed E-state index contributed by atoms with van der Waals surface area (Å²) in [4.78, 5) is 12.5. The van der Waals surface area contributed by atoms with Crippen LogP contribution in [0, 0.1) is 11.3 Å². The summed E-state index contributed by atoms with van der Waals surface area (Å²) in [6.45, 7) is 0.886. The smallest absolute Gasteiger partial charge is 0.261 e. The number of ether oxygens (including phenoxy) is 2. The predicted molar refractivity (Wildman–Crippen MR) is 133 cm³/mol. The quantitative estimate of drug-likeness (QED) is 0.218. The molecule has 3 aromatic carbocycles. The highest BCUT2D eigenvalue weighted by Crippen LogP contribution is 2.35. The fourth-order valence-corrected chi connectivity index (χ4v) is 3.64. The van der Waals surface area contributed by atoms with Crippen molar-refractivity contribution in [1.29, 1.82) is 5.26 Å². The van der Waals surface area contributed by atoms with Gasteiger partial charge in [-0.1, -0.05) is 76.6 Å². The average Bonchev–Trinajstić information content (AvgIpc) is 2.85. The van der Waals surface area contributed by atoms with E-state index in [1.807, 2.05) is 54.6 Å². The lowest BCUT2D eigenvalue weighted by Crippen LogP contribution is -2.25. The van der Waals surface area contributed by atoms with Crippen LogP contribution in [0.25, 0.3) is 6.08 Å².